The van der Waals surface area contributed by atoms with Crippen LogP contribution in [-0.2, 0) is 4.74 Å². The number of hydrogen-bond acceptors (Lipinski definition) is 9. The summed E-state index contributed by atoms with van der Waals surface area (Å²) in [6.45, 7) is -0.406. The third-order valence-electron chi connectivity index (χ3n) is 4.51. The number of benzene rings is 1. The summed E-state index contributed by atoms with van der Waals surface area (Å²) < 4.78 is 12.4. The Hall–Kier alpha value is -2.79. The normalized spacial score (nSPS) is 25.0. The van der Waals surface area contributed by atoms with Crippen molar-refractivity contribution in [3.05, 3.63) is 36.9 Å². The molecule has 1 aliphatic rings. The van der Waals surface area contributed by atoms with Gasteiger partial charge in [0, 0.05) is 0 Å². The van der Waals surface area contributed by atoms with E-state index >= 15 is 0 Å². The van der Waals surface area contributed by atoms with Gasteiger partial charge in [0.25, 0.3) is 0 Å². The van der Waals surface area contributed by atoms with Gasteiger partial charge in [-0.1, -0.05) is 12.1 Å². The maximum atomic E-state index is 10.3. The first kappa shape index (κ1) is 17.6. The van der Waals surface area contributed by atoms with Crippen LogP contribution >= 0.6 is 0 Å². The minimum absolute atomic E-state index is 0.406. The second-order valence-electron chi connectivity index (χ2n) is 6.10. The van der Waals surface area contributed by atoms with Gasteiger partial charge in [-0.25, -0.2) is 15.0 Å². The zero-order valence-electron chi connectivity index (χ0n) is 14.4. The Morgan fingerprint density at radius 1 is 1.19 bits per heavy atom. The van der Waals surface area contributed by atoms with Crippen molar-refractivity contribution in [1.82, 2.24) is 19.5 Å². The molecule has 1 fully saturated rings. The van der Waals surface area contributed by atoms with Crippen molar-refractivity contribution in [1.29, 1.82) is 0 Å². The maximum Gasteiger partial charge on any atom is 0.167 e. The van der Waals surface area contributed by atoms with E-state index in [-0.39, 0.29) is 0 Å². The average molecular weight is 373 g/mol. The van der Waals surface area contributed by atoms with Gasteiger partial charge in [-0.05, 0) is 12.1 Å². The lowest BCUT2D eigenvalue weighted by Gasteiger charge is -2.16. The molecule has 4 atom stereocenters. The van der Waals surface area contributed by atoms with Crippen molar-refractivity contribution >= 4 is 22.7 Å². The Kier molecular flexibility index (Phi) is 4.62. The number of hydrogen-bond donors (Lipinski definition) is 4. The molecular weight excluding hydrogens is 354 g/mol. The number of fused-ring (bicyclic) bond motifs is 1. The van der Waals surface area contributed by atoms with E-state index in [9.17, 15) is 15.3 Å². The van der Waals surface area contributed by atoms with Crippen molar-refractivity contribution in [2.75, 3.05) is 19.0 Å². The van der Waals surface area contributed by atoms with Crippen LogP contribution < -0.4 is 10.1 Å². The first-order chi connectivity index (χ1) is 13.1. The number of aliphatic hydroxyl groups is 3. The first-order valence-corrected chi connectivity index (χ1v) is 8.34. The van der Waals surface area contributed by atoms with Crippen molar-refractivity contribution < 1.29 is 24.8 Å². The van der Waals surface area contributed by atoms with Crippen LogP contribution in [0.25, 0.3) is 11.2 Å². The molecule has 2 aromatic heterocycles. The molecule has 3 heterocycles. The molecule has 1 aromatic carbocycles. The molecule has 4 N–H and O–H groups in total. The van der Waals surface area contributed by atoms with E-state index in [2.05, 4.69) is 20.3 Å². The van der Waals surface area contributed by atoms with Crippen LogP contribution in [0.1, 0.15) is 6.23 Å². The fourth-order valence-corrected chi connectivity index (χ4v) is 3.11. The van der Waals surface area contributed by atoms with Crippen LogP contribution in [0.5, 0.6) is 5.75 Å². The minimum atomic E-state index is -1.22. The molecule has 0 aliphatic carbocycles. The molecule has 1 saturated heterocycles. The van der Waals surface area contributed by atoms with Crippen LogP contribution in [0, 0.1) is 0 Å². The molecule has 10 nitrogen and oxygen atoms in total. The van der Waals surface area contributed by atoms with Gasteiger partial charge in [-0.2, -0.15) is 0 Å². The largest absolute Gasteiger partial charge is 0.495 e. The average Bonchev–Trinajstić information content (AvgIpc) is 3.24. The quantitative estimate of drug-likeness (QED) is 0.494. The molecule has 0 unspecified atom stereocenters. The summed E-state index contributed by atoms with van der Waals surface area (Å²) in [6, 6.07) is 7.38. The fraction of sp³-hybridized carbons (Fsp3) is 0.353. The second-order valence-corrected chi connectivity index (χ2v) is 6.10. The molecule has 0 radical (unpaired) electrons. The van der Waals surface area contributed by atoms with Gasteiger partial charge in [0.15, 0.2) is 23.2 Å². The van der Waals surface area contributed by atoms with E-state index in [1.807, 2.05) is 24.3 Å². The topological polar surface area (TPSA) is 135 Å². The molecule has 0 amide bonds. The zero-order valence-corrected chi connectivity index (χ0v) is 14.4. The lowest BCUT2D eigenvalue weighted by atomic mass is 10.1. The summed E-state index contributed by atoms with van der Waals surface area (Å²) in [5.41, 5.74) is 1.58. The summed E-state index contributed by atoms with van der Waals surface area (Å²) in [5, 5.41) is 32.7. The number of aromatic nitrogens is 4. The fourth-order valence-electron chi connectivity index (χ4n) is 3.11. The number of aliphatic hydroxyl groups excluding tert-OH is 3. The van der Waals surface area contributed by atoms with Gasteiger partial charge < -0.3 is 30.1 Å². The molecule has 3 aromatic rings. The number of nitrogens with zero attached hydrogens (tertiary/aromatic N) is 4. The predicted molar refractivity (Wildman–Crippen MR) is 94.6 cm³/mol. The maximum absolute atomic E-state index is 10.3. The standard InChI is InChI=1S/C17H19N5O5/c1-26-10-5-3-2-4-9(10)21-15-12-16(19-7-18-15)22(8-20-12)17-14(25)13(24)11(6-23)27-17/h2-5,7-8,11,13-14,17,23-25H,6H2,1H3,(H,18,19,21)/t11-,13-,14-,17-/m1/s1. The highest BCUT2D eigenvalue weighted by Gasteiger charge is 2.44. The van der Waals surface area contributed by atoms with Gasteiger partial charge in [-0.15, -0.1) is 0 Å². The van der Waals surface area contributed by atoms with Gasteiger partial charge in [0.2, 0.25) is 0 Å². The summed E-state index contributed by atoms with van der Waals surface area (Å²) >= 11 is 0. The number of methoxy groups -OCH3 is 1. The van der Waals surface area contributed by atoms with E-state index in [0.29, 0.717) is 28.4 Å². The Balaban J connectivity index is 1.70. The predicted octanol–water partition coefficient (Wildman–Crippen LogP) is 0.190. The van der Waals surface area contributed by atoms with Gasteiger partial charge in [0.05, 0.1) is 25.7 Å². The number of rotatable bonds is 5. The third-order valence-corrected chi connectivity index (χ3v) is 4.51. The molecule has 1 aliphatic heterocycles. The summed E-state index contributed by atoms with van der Waals surface area (Å²) in [4.78, 5) is 12.8. The van der Waals surface area contributed by atoms with E-state index in [1.165, 1.54) is 17.2 Å². The summed E-state index contributed by atoms with van der Waals surface area (Å²) in [6.07, 6.45) is -1.41. The van der Waals surface area contributed by atoms with Gasteiger partial charge >= 0.3 is 0 Å². The van der Waals surface area contributed by atoms with E-state index in [4.69, 9.17) is 9.47 Å². The Bertz CT molecular complexity index is 948. The second kappa shape index (κ2) is 7.08. The van der Waals surface area contributed by atoms with Gasteiger partial charge in [-0.3, -0.25) is 4.57 Å². The molecule has 4 rings (SSSR count). The molecular formula is C17H19N5O5. The smallest absolute Gasteiger partial charge is 0.167 e. The monoisotopic (exact) mass is 373 g/mol. The Morgan fingerprint density at radius 3 is 2.74 bits per heavy atom. The molecule has 0 saturated carbocycles. The van der Waals surface area contributed by atoms with E-state index < -0.39 is 31.1 Å². The number of imidazole rings is 1. The van der Waals surface area contributed by atoms with Gasteiger partial charge in [0.1, 0.15) is 30.4 Å². The number of ether oxygens (including phenoxy) is 2. The molecule has 0 spiro atoms. The van der Waals surface area contributed by atoms with Crippen LogP contribution in [0.3, 0.4) is 0 Å². The minimum Gasteiger partial charge on any atom is -0.495 e. The first-order valence-electron chi connectivity index (χ1n) is 8.34. The van der Waals surface area contributed by atoms with Crippen molar-refractivity contribution in [2.24, 2.45) is 0 Å². The van der Waals surface area contributed by atoms with Crippen LogP contribution in [0.4, 0.5) is 11.5 Å². The van der Waals surface area contributed by atoms with Crippen LogP contribution in [0.15, 0.2) is 36.9 Å². The SMILES string of the molecule is COc1ccccc1Nc1ncnc2c1ncn2[C@@H]1O[C@H](CO)[C@@H](O)[C@H]1O. The molecule has 10 heteroatoms. The lowest BCUT2D eigenvalue weighted by Crippen LogP contribution is -2.33. The molecule has 0 bridgehead atoms. The Morgan fingerprint density at radius 2 is 2.00 bits per heavy atom. The van der Waals surface area contributed by atoms with Crippen LogP contribution in [-0.4, -0.2) is 66.9 Å². The van der Waals surface area contributed by atoms with Crippen molar-refractivity contribution in [3.63, 3.8) is 0 Å². The number of nitrogens with one attached hydrogen (secondary N) is 1. The highest BCUT2D eigenvalue weighted by Crippen LogP contribution is 2.33. The highest BCUT2D eigenvalue weighted by molar-refractivity contribution is 5.86. The summed E-state index contributed by atoms with van der Waals surface area (Å²) in [7, 11) is 1.58. The molecule has 27 heavy (non-hydrogen) atoms. The third kappa shape index (κ3) is 2.98. The lowest BCUT2D eigenvalue weighted by molar-refractivity contribution is -0.0511. The number of anilines is 2. The van der Waals surface area contributed by atoms with Crippen molar-refractivity contribution in [2.45, 2.75) is 24.5 Å². The summed E-state index contributed by atoms with van der Waals surface area (Å²) in [5.74, 6) is 1.10. The number of para-hydroxylation sites is 2. The van der Waals surface area contributed by atoms with E-state index in [0.717, 1.165) is 0 Å². The van der Waals surface area contributed by atoms with E-state index in [1.54, 1.807) is 7.11 Å². The van der Waals surface area contributed by atoms with Crippen LogP contribution in [0.2, 0.25) is 0 Å². The highest BCUT2D eigenvalue weighted by atomic mass is 16.6. The zero-order chi connectivity index (χ0) is 19.0. The Labute approximate surface area is 154 Å². The molecule has 142 valence electrons. The van der Waals surface area contributed by atoms with Crippen molar-refractivity contribution in [3.8, 4) is 5.75 Å².